The molecule has 1 aromatic rings. The van der Waals surface area contributed by atoms with Gasteiger partial charge in [0.2, 0.25) is 17.7 Å². The molecule has 0 aliphatic carbocycles. The van der Waals surface area contributed by atoms with Crippen molar-refractivity contribution in [1.29, 1.82) is 0 Å². The molecule has 0 spiro atoms. The van der Waals surface area contributed by atoms with Crippen LogP contribution in [0.1, 0.15) is 46.1 Å². The standard InChI is InChI=1S/C24H37N3O7/c1-6-21(29)34-15-18-7-9-19(10-8-18)26-23(30)17(4)25-24(31)22(16(2)3)27-20(28)11-12-33-14-13-32-5/h7-10,16-17,22H,6,11-15H2,1-5H3,(H,25,31)(H,26,30)(H,27,28)/t17-,22-/m1/s1. The van der Waals surface area contributed by atoms with Gasteiger partial charge < -0.3 is 30.2 Å². The second kappa shape index (κ2) is 15.8. The molecule has 0 aliphatic heterocycles. The molecule has 0 fully saturated rings. The average molecular weight is 480 g/mol. The maximum atomic E-state index is 12.7. The molecule has 0 saturated heterocycles. The Labute approximate surface area is 201 Å². The molecule has 2 atom stereocenters. The number of rotatable bonds is 15. The summed E-state index contributed by atoms with van der Waals surface area (Å²) >= 11 is 0. The van der Waals surface area contributed by atoms with Crippen molar-refractivity contribution in [2.75, 3.05) is 32.2 Å². The third-order valence-electron chi connectivity index (χ3n) is 4.83. The van der Waals surface area contributed by atoms with Gasteiger partial charge in [0.25, 0.3) is 0 Å². The van der Waals surface area contributed by atoms with Gasteiger partial charge in [0.15, 0.2) is 0 Å². The number of methoxy groups -OCH3 is 1. The van der Waals surface area contributed by atoms with E-state index in [1.807, 2.05) is 13.8 Å². The molecule has 34 heavy (non-hydrogen) atoms. The monoisotopic (exact) mass is 479 g/mol. The van der Waals surface area contributed by atoms with E-state index in [-0.39, 0.29) is 37.4 Å². The summed E-state index contributed by atoms with van der Waals surface area (Å²) in [5, 5.41) is 8.08. The highest BCUT2D eigenvalue weighted by Crippen LogP contribution is 2.11. The molecule has 10 nitrogen and oxygen atoms in total. The Bertz CT molecular complexity index is 796. The van der Waals surface area contributed by atoms with Crippen molar-refractivity contribution < 1.29 is 33.4 Å². The van der Waals surface area contributed by atoms with Gasteiger partial charge in [-0.3, -0.25) is 19.2 Å². The number of nitrogens with one attached hydrogen (secondary N) is 3. The fourth-order valence-corrected chi connectivity index (χ4v) is 2.76. The van der Waals surface area contributed by atoms with Gasteiger partial charge in [-0.15, -0.1) is 0 Å². The van der Waals surface area contributed by atoms with E-state index in [1.54, 1.807) is 45.2 Å². The van der Waals surface area contributed by atoms with Crippen LogP contribution in [0.4, 0.5) is 5.69 Å². The van der Waals surface area contributed by atoms with E-state index in [4.69, 9.17) is 14.2 Å². The van der Waals surface area contributed by atoms with E-state index in [0.29, 0.717) is 25.3 Å². The predicted molar refractivity (Wildman–Crippen MR) is 127 cm³/mol. The van der Waals surface area contributed by atoms with Gasteiger partial charge in [0.1, 0.15) is 18.7 Å². The van der Waals surface area contributed by atoms with Gasteiger partial charge in [0.05, 0.1) is 19.8 Å². The zero-order valence-electron chi connectivity index (χ0n) is 20.6. The molecule has 0 saturated carbocycles. The zero-order valence-corrected chi connectivity index (χ0v) is 20.6. The van der Waals surface area contributed by atoms with Gasteiger partial charge in [-0.1, -0.05) is 32.9 Å². The van der Waals surface area contributed by atoms with Gasteiger partial charge in [-0.2, -0.15) is 0 Å². The molecule has 1 rings (SSSR count). The topological polar surface area (TPSA) is 132 Å². The van der Waals surface area contributed by atoms with Crippen LogP contribution in [0.15, 0.2) is 24.3 Å². The number of hydrogen-bond donors (Lipinski definition) is 3. The van der Waals surface area contributed by atoms with Crippen LogP contribution < -0.4 is 16.0 Å². The van der Waals surface area contributed by atoms with Gasteiger partial charge in [0, 0.05) is 25.6 Å². The summed E-state index contributed by atoms with van der Waals surface area (Å²) in [6, 6.07) is 5.25. The minimum atomic E-state index is -0.826. The Kier molecular flexibility index (Phi) is 13.5. The van der Waals surface area contributed by atoms with Crippen molar-refractivity contribution in [3.8, 4) is 0 Å². The Morgan fingerprint density at radius 1 is 0.912 bits per heavy atom. The van der Waals surface area contributed by atoms with Crippen LogP contribution >= 0.6 is 0 Å². The molecule has 0 radical (unpaired) electrons. The van der Waals surface area contributed by atoms with Crippen LogP contribution in [0.2, 0.25) is 0 Å². The van der Waals surface area contributed by atoms with E-state index < -0.39 is 23.9 Å². The summed E-state index contributed by atoms with van der Waals surface area (Å²) < 4.78 is 15.2. The normalized spacial score (nSPS) is 12.5. The van der Waals surface area contributed by atoms with Crippen molar-refractivity contribution in [2.24, 2.45) is 5.92 Å². The highest BCUT2D eigenvalue weighted by Gasteiger charge is 2.27. The third kappa shape index (κ3) is 11.2. The second-order valence-corrected chi connectivity index (χ2v) is 8.08. The van der Waals surface area contributed by atoms with Crippen molar-refractivity contribution in [3.05, 3.63) is 29.8 Å². The second-order valence-electron chi connectivity index (χ2n) is 8.08. The molecular formula is C24H37N3O7. The number of ether oxygens (including phenoxy) is 3. The van der Waals surface area contributed by atoms with Gasteiger partial charge in [-0.25, -0.2) is 0 Å². The number of carbonyl (C=O) groups excluding carboxylic acids is 4. The summed E-state index contributed by atoms with van der Waals surface area (Å²) in [7, 11) is 1.56. The van der Waals surface area contributed by atoms with Crippen molar-refractivity contribution >= 4 is 29.4 Å². The lowest BCUT2D eigenvalue weighted by atomic mass is 10.0. The van der Waals surface area contributed by atoms with Gasteiger partial charge in [-0.05, 0) is 30.5 Å². The lowest BCUT2D eigenvalue weighted by molar-refractivity contribution is -0.144. The highest BCUT2D eigenvalue weighted by molar-refractivity contribution is 5.98. The molecule has 0 heterocycles. The fraction of sp³-hybridized carbons (Fsp3) is 0.583. The number of carbonyl (C=O) groups is 4. The molecular weight excluding hydrogens is 442 g/mol. The molecule has 190 valence electrons. The van der Waals surface area contributed by atoms with Crippen LogP contribution in [0, 0.1) is 5.92 Å². The first-order valence-corrected chi connectivity index (χ1v) is 11.4. The minimum absolute atomic E-state index is 0.115. The lowest BCUT2D eigenvalue weighted by Gasteiger charge is -2.24. The average Bonchev–Trinajstić information content (AvgIpc) is 2.81. The number of benzene rings is 1. The Hall–Kier alpha value is -2.98. The fourth-order valence-electron chi connectivity index (χ4n) is 2.76. The first kappa shape index (κ1) is 29.1. The lowest BCUT2D eigenvalue weighted by Crippen LogP contribution is -2.53. The predicted octanol–water partition coefficient (Wildman–Crippen LogP) is 1.78. The molecule has 1 aromatic carbocycles. The molecule has 3 amide bonds. The van der Waals surface area contributed by atoms with Crippen molar-refractivity contribution in [2.45, 2.75) is 59.2 Å². The summed E-state index contributed by atoms with van der Waals surface area (Å²) in [6.07, 6.45) is 0.423. The molecule has 0 aromatic heterocycles. The first-order chi connectivity index (χ1) is 16.2. The van der Waals surface area contributed by atoms with E-state index in [0.717, 1.165) is 5.56 Å². The summed E-state index contributed by atoms with van der Waals surface area (Å²) in [5.41, 5.74) is 1.33. The number of amides is 3. The van der Waals surface area contributed by atoms with Crippen molar-refractivity contribution in [3.63, 3.8) is 0 Å². The Balaban J connectivity index is 2.54. The minimum Gasteiger partial charge on any atom is -0.461 e. The van der Waals surface area contributed by atoms with E-state index >= 15 is 0 Å². The Morgan fingerprint density at radius 2 is 1.59 bits per heavy atom. The quantitative estimate of drug-likeness (QED) is 0.258. The molecule has 0 bridgehead atoms. The molecule has 0 aliphatic rings. The van der Waals surface area contributed by atoms with Crippen LogP contribution in [0.5, 0.6) is 0 Å². The smallest absolute Gasteiger partial charge is 0.305 e. The number of hydrogen-bond acceptors (Lipinski definition) is 7. The van der Waals surface area contributed by atoms with Crippen LogP contribution in [-0.4, -0.2) is 62.7 Å². The highest BCUT2D eigenvalue weighted by atomic mass is 16.5. The van der Waals surface area contributed by atoms with Crippen LogP contribution in [-0.2, 0) is 40.0 Å². The zero-order chi connectivity index (χ0) is 25.5. The van der Waals surface area contributed by atoms with Gasteiger partial charge >= 0.3 is 5.97 Å². The van der Waals surface area contributed by atoms with E-state index in [2.05, 4.69) is 16.0 Å². The third-order valence-corrected chi connectivity index (χ3v) is 4.83. The number of esters is 1. The van der Waals surface area contributed by atoms with E-state index in [9.17, 15) is 19.2 Å². The van der Waals surface area contributed by atoms with Crippen LogP contribution in [0.25, 0.3) is 0 Å². The van der Waals surface area contributed by atoms with Crippen molar-refractivity contribution in [1.82, 2.24) is 10.6 Å². The Morgan fingerprint density at radius 3 is 2.18 bits per heavy atom. The largest absolute Gasteiger partial charge is 0.461 e. The SMILES string of the molecule is CCC(=O)OCc1ccc(NC(=O)[C@@H](C)NC(=O)[C@H](NC(=O)CCOCCOC)C(C)C)cc1. The molecule has 10 heteroatoms. The maximum absolute atomic E-state index is 12.7. The maximum Gasteiger partial charge on any atom is 0.305 e. The first-order valence-electron chi connectivity index (χ1n) is 11.4. The number of anilines is 1. The summed E-state index contributed by atoms with van der Waals surface area (Å²) in [6.45, 7) is 8.12. The van der Waals surface area contributed by atoms with E-state index in [1.165, 1.54) is 0 Å². The molecule has 0 unspecified atom stereocenters. The summed E-state index contributed by atoms with van der Waals surface area (Å²) in [5.74, 6) is -1.62. The summed E-state index contributed by atoms with van der Waals surface area (Å²) in [4.78, 5) is 48.6. The molecule has 3 N–H and O–H groups in total. The van der Waals surface area contributed by atoms with Crippen LogP contribution in [0.3, 0.4) is 0 Å².